The number of rotatable bonds is 5. The van der Waals surface area contributed by atoms with E-state index >= 15 is 0 Å². The maximum Gasteiger partial charge on any atom is 0.302 e. The predicted octanol–water partition coefficient (Wildman–Crippen LogP) is 6.07. The standard InChI is InChI=1S/C22H36O2/c1-16(12-15-24-18(3)23)8-10-19-17(2)9-11-20-21(4,5)13-7-14-22(19,20)6/h9,12,19-20H,7-8,10-11,13-15H2,1-6H3/b16-12+. The first kappa shape index (κ1) is 19.3. The quantitative estimate of drug-likeness (QED) is 0.451. The number of esters is 1. The monoisotopic (exact) mass is 332 g/mol. The highest BCUT2D eigenvalue weighted by Crippen LogP contribution is 2.60. The van der Waals surface area contributed by atoms with Crippen LogP contribution in [0.1, 0.15) is 80.1 Å². The van der Waals surface area contributed by atoms with Crippen molar-refractivity contribution in [2.75, 3.05) is 6.61 Å². The fourth-order valence-corrected chi connectivity index (χ4v) is 5.47. The van der Waals surface area contributed by atoms with Crippen molar-refractivity contribution in [3.8, 4) is 0 Å². The number of carbonyl (C=O) groups excluding carboxylic acids is 1. The summed E-state index contributed by atoms with van der Waals surface area (Å²) in [7, 11) is 0. The molecule has 2 nitrogen and oxygen atoms in total. The second-order valence-corrected chi connectivity index (χ2v) is 9.03. The summed E-state index contributed by atoms with van der Waals surface area (Å²) in [6.07, 6.45) is 12.3. The number of carbonyl (C=O) groups is 1. The molecular formula is C22H36O2. The molecule has 2 aliphatic rings. The van der Waals surface area contributed by atoms with Gasteiger partial charge in [0, 0.05) is 6.92 Å². The Kier molecular flexibility index (Phi) is 5.99. The van der Waals surface area contributed by atoms with E-state index in [1.54, 1.807) is 5.57 Å². The first-order chi connectivity index (χ1) is 11.2. The normalized spacial score (nSPS) is 32.8. The summed E-state index contributed by atoms with van der Waals surface area (Å²) < 4.78 is 5.03. The Hall–Kier alpha value is -1.05. The van der Waals surface area contributed by atoms with Gasteiger partial charge < -0.3 is 4.74 Å². The van der Waals surface area contributed by atoms with E-state index < -0.39 is 0 Å². The molecular weight excluding hydrogens is 296 g/mol. The first-order valence-electron chi connectivity index (χ1n) is 9.62. The maximum atomic E-state index is 10.9. The molecule has 0 aromatic carbocycles. The molecule has 0 N–H and O–H groups in total. The van der Waals surface area contributed by atoms with Crippen molar-refractivity contribution in [1.82, 2.24) is 0 Å². The SMILES string of the molecule is CC(=O)OC/C=C(\C)CCC1C(C)=CCC2C(C)(C)CCCC12C. The van der Waals surface area contributed by atoms with Crippen LogP contribution in [0.5, 0.6) is 0 Å². The number of fused-ring (bicyclic) bond motifs is 1. The van der Waals surface area contributed by atoms with Gasteiger partial charge in [-0.3, -0.25) is 4.79 Å². The molecule has 3 unspecified atom stereocenters. The second kappa shape index (κ2) is 7.45. The highest BCUT2D eigenvalue weighted by molar-refractivity contribution is 5.66. The third kappa shape index (κ3) is 4.13. The van der Waals surface area contributed by atoms with Crippen LogP contribution < -0.4 is 0 Å². The van der Waals surface area contributed by atoms with Crippen molar-refractivity contribution in [3.63, 3.8) is 0 Å². The van der Waals surface area contributed by atoms with Gasteiger partial charge in [-0.2, -0.15) is 0 Å². The lowest BCUT2D eigenvalue weighted by Gasteiger charge is -2.57. The molecule has 0 aliphatic heterocycles. The van der Waals surface area contributed by atoms with Gasteiger partial charge in [-0.1, -0.05) is 44.4 Å². The number of hydrogen-bond donors (Lipinski definition) is 0. The number of ether oxygens (including phenoxy) is 1. The van der Waals surface area contributed by atoms with Crippen LogP contribution in [0.25, 0.3) is 0 Å². The van der Waals surface area contributed by atoms with E-state index in [-0.39, 0.29) is 5.97 Å². The lowest BCUT2D eigenvalue weighted by Crippen LogP contribution is -2.48. The van der Waals surface area contributed by atoms with E-state index in [9.17, 15) is 4.79 Å². The Balaban J connectivity index is 2.06. The van der Waals surface area contributed by atoms with E-state index in [4.69, 9.17) is 4.74 Å². The maximum absolute atomic E-state index is 10.9. The lowest BCUT2D eigenvalue weighted by molar-refractivity contribution is -0.139. The van der Waals surface area contributed by atoms with Gasteiger partial charge >= 0.3 is 5.97 Å². The van der Waals surface area contributed by atoms with Gasteiger partial charge in [0.15, 0.2) is 0 Å². The van der Waals surface area contributed by atoms with Gasteiger partial charge in [0.1, 0.15) is 6.61 Å². The van der Waals surface area contributed by atoms with Crippen LogP contribution in [0.4, 0.5) is 0 Å². The highest BCUT2D eigenvalue weighted by atomic mass is 16.5. The van der Waals surface area contributed by atoms with Crippen molar-refractivity contribution in [3.05, 3.63) is 23.3 Å². The molecule has 2 aliphatic carbocycles. The van der Waals surface area contributed by atoms with E-state index in [0.29, 0.717) is 23.4 Å². The van der Waals surface area contributed by atoms with Crippen molar-refractivity contribution in [2.45, 2.75) is 80.1 Å². The topological polar surface area (TPSA) is 26.3 Å². The molecule has 1 fully saturated rings. The van der Waals surface area contributed by atoms with Gasteiger partial charge in [0.05, 0.1) is 0 Å². The lowest BCUT2D eigenvalue weighted by atomic mass is 9.48. The minimum Gasteiger partial charge on any atom is -0.462 e. The zero-order valence-corrected chi connectivity index (χ0v) is 16.6. The van der Waals surface area contributed by atoms with E-state index in [1.807, 2.05) is 0 Å². The van der Waals surface area contributed by atoms with Crippen LogP contribution in [-0.4, -0.2) is 12.6 Å². The molecule has 24 heavy (non-hydrogen) atoms. The summed E-state index contributed by atoms with van der Waals surface area (Å²) in [4.78, 5) is 10.9. The second-order valence-electron chi connectivity index (χ2n) is 9.03. The Morgan fingerprint density at radius 3 is 2.67 bits per heavy atom. The summed E-state index contributed by atoms with van der Waals surface area (Å²) in [6, 6.07) is 0. The molecule has 0 saturated heterocycles. The van der Waals surface area contributed by atoms with Gasteiger partial charge in [0.2, 0.25) is 0 Å². The summed E-state index contributed by atoms with van der Waals surface area (Å²) in [5.41, 5.74) is 3.84. The van der Waals surface area contributed by atoms with Crippen LogP contribution >= 0.6 is 0 Å². The average Bonchev–Trinajstić information content (AvgIpc) is 2.45. The third-order valence-corrected chi connectivity index (χ3v) is 6.84. The number of hydrogen-bond acceptors (Lipinski definition) is 2. The van der Waals surface area contributed by atoms with Crippen LogP contribution in [0, 0.1) is 22.7 Å². The smallest absolute Gasteiger partial charge is 0.302 e. The largest absolute Gasteiger partial charge is 0.462 e. The van der Waals surface area contributed by atoms with Crippen molar-refractivity contribution in [1.29, 1.82) is 0 Å². The van der Waals surface area contributed by atoms with Crippen molar-refractivity contribution < 1.29 is 9.53 Å². The summed E-state index contributed by atoms with van der Waals surface area (Å²) in [6.45, 7) is 13.9. The van der Waals surface area contributed by atoms with E-state index in [2.05, 4.69) is 46.8 Å². The van der Waals surface area contributed by atoms with Crippen LogP contribution in [-0.2, 0) is 9.53 Å². The zero-order valence-electron chi connectivity index (χ0n) is 16.6. The summed E-state index contributed by atoms with van der Waals surface area (Å²) in [5, 5.41) is 0. The molecule has 0 heterocycles. The van der Waals surface area contributed by atoms with Crippen molar-refractivity contribution in [2.24, 2.45) is 22.7 Å². The van der Waals surface area contributed by atoms with E-state index in [0.717, 1.165) is 12.3 Å². The Bertz CT molecular complexity index is 526. The highest BCUT2D eigenvalue weighted by Gasteiger charge is 2.51. The van der Waals surface area contributed by atoms with Gasteiger partial charge in [-0.05, 0) is 74.7 Å². The molecule has 2 heteroatoms. The molecule has 3 atom stereocenters. The molecule has 0 radical (unpaired) electrons. The van der Waals surface area contributed by atoms with Gasteiger partial charge in [-0.25, -0.2) is 0 Å². The van der Waals surface area contributed by atoms with Crippen LogP contribution in [0.15, 0.2) is 23.3 Å². The Morgan fingerprint density at radius 1 is 1.29 bits per heavy atom. The van der Waals surface area contributed by atoms with Gasteiger partial charge in [-0.15, -0.1) is 0 Å². The summed E-state index contributed by atoms with van der Waals surface area (Å²) in [5.74, 6) is 1.29. The fraction of sp³-hybridized carbons (Fsp3) is 0.773. The zero-order chi connectivity index (χ0) is 18.0. The first-order valence-corrected chi connectivity index (χ1v) is 9.62. The van der Waals surface area contributed by atoms with E-state index in [1.165, 1.54) is 44.6 Å². The fourth-order valence-electron chi connectivity index (χ4n) is 5.47. The molecule has 0 aromatic rings. The number of allylic oxidation sites excluding steroid dienone is 3. The van der Waals surface area contributed by atoms with Crippen LogP contribution in [0.3, 0.4) is 0 Å². The molecule has 0 aromatic heterocycles. The minimum absolute atomic E-state index is 0.204. The minimum atomic E-state index is -0.204. The van der Waals surface area contributed by atoms with Crippen molar-refractivity contribution >= 4 is 5.97 Å². The molecule has 2 rings (SSSR count). The molecule has 136 valence electrons. The Labute approximate surface area is 148 Å². The molecule has 0 amide bonds. The van der Waals surface area contributed by atoms with Gasteiger partial charge in [0.25, 0.3) is 0 Å². The van der Waals surface area contributed by atoms with Crippen LogP contribution in [0.2, 0.25) is 0 Å². The summed E-state index contributed by atoms with van der Waals surface area (Å²) >= 11 is 0. The average molecular weight is 333 g/mol. The molecule has 1 saturated carbocycles. The molecule has 0 bridgehead atoms. The predicted molar refractivity (Wildman–Crippen MR) is 101 cm³/mol. The Morgan fingerprint density at radius 2 is 2.00 bits per heavy atom. The third-order valence-electron chi connectivity index (χ3n) is 6.84. The molecule has 0 spiro atoms.